The van der Waals surface area contributed by atoms with Crippen LogP contribution in [0.5, 0.6) is 0 Å². The van der Waals surface area contributed by atoms with E-state index in [0.29, 0.717) is 42.2 Å². The van der Waals surface area contributed by atoms with Crippen molar-refractivity contribution in [3.63, 3.8) is 0 Å². The molecule has 1 N–H and O–H groups in total. The molecular weight excluding hydrogens is 423 g/mol. The van der Waals surface area contributed by atoms with E-state index in [4.69, 9.17) is 9.97 Å². The predicted octanol–water partition coefficient (Wildman–Crippen LogP) is 3.41. The number of H-pyrrole nitrogens is 1. The van der Waals surface area contributed by atoms with Crippen molar-refractivity contribution in [1.82, 2.24) is 25.1 Å². The molecule has 1 atom stereocenters. The molecule has 1 unspecified atom stereocenters. The second-order valence-corrected chi connectivity index (χ2v) is 8.64. The number of fused-ring (bicyclic) bond motifs is 1. The third-order valence-electron chi connectivity index (χ3n) is 6.46. The molecule has 9 heteroatoms. The Balaban J connectivity index is 1.51. The van der Waals surface area contributed by atoms with Crippen LogP contribution in [0.15, 0.2) is 30.5 Å². The Bertz CT molecular complexity index is 1240. The van der Waals surface area contributed by atoms with Gasteiger partial charge in [-0.3, -0.25) is 19.6 Å². The number of carbonyl (C=O) groups is 2. The molecule has 0 radical (unpaired) electrons. The summed E-state index contributed by atoms with van der Waals surface area (Å²) in [5, 5.41) is 6.79. The van der Waals surface area contributed by atoms with Crippen LogP contribution in [-0.4, -0.2) is 43.4 Å². The van der Waals surface area contributed by atoms with Crippen LogP contribution in [-0.2, 0) is 17.8 Å². The number of anilines is 1. The number of nitrogens with zero attached hydrogens (tertiary/aromatic N) is 5. The molecule has 1 fully saturated rings. The third kappa shape index (κ3) is 3.88. The van der Waals surface area contributed by atoms with Gasteiger partial charge >= 0.3 is 0 Å². The summed E-state index contributed by atoms with van der Waals surface area (Å²) < 4.78 is 13.7. The Morgan fingerprint density at radius 1 is 1.24 bits per heavy atom. The third-order valence-corrected chi connectivity index (χ3v) is 6.46. The monoisotopic (exact) mass is 448 g/mol. The summed E-state index contributed by atoms with van der Waals surface area (Å²) in [5.74, 6) is 0.611. The van der Waals surface area contributed by atoms with Gasteiger partial charge in [-0.05, 0) is 50.8 Å². The second-order valence-electron chi connectivity index (χ2n) is 8.64. The highest BCUT2D eigenvalue weighted by Gasteiger charge is 2.36. The van der Waals surface area contributed by atoms with Gasteiger partial charge in [-0.2, -0.15) is 5.10 Å². The maximum atomic E-state index is 13.7. The lowest BCUT2D eigenvalue weighted by atomic mass is 10.0. The minimum absolute atomic E-state index is 0.0517. The van der Waals surface area contributed by atoms with Gasteiger partial charge in [-0.25, -0.2) is 14.4 Å². The minimum Gasteiger partial charge on any atom is -0.328 e. The van der Waals surface area contributed by atoms with Crippen LogP contribution >= 0.6 is 0 Å². The van der Waals surface area contributed by atoms with Crippen molar-refractivity contribution in [1.29, 1.82) is 0 Å². The summed E-state index contributed by atoms with van der Waals surface area (Å²) >= 11 is 0. The van der Waals surface area contributed by atoms with Gasteiger partial charge in [0.1, 0.15) is 11.6 Å². The fraction of sp³-hybridized carbons (Fsp3) is 0.375. The first kappa shape index (κ1) is 21.2. The number of hydrogen-bond acceptors (Lipinski definition) is 5. The van der Waals surface area contributed by atoms with Crippen LogP contribution < -0.4 is 4.90 Å². The standard InChI is InChI=1S/C24H25FN6O2/c1-14-18-8-9-21(32)31(13-16-5-3-6-17(25)11-16)23(18)28-22(27-14)20-7-4-10-30(20)24(33)19-12-26-29-15(19)2/h3,5-6,11-12,20H,4,7-10,13H2,1-2H3,(H,26,29). The van der Waals surface area contributed by atoms with Crippen molar-refractivity contribution in [3.8, 4) is 0 Å². The molecule has 33 heavy (non-hydrogen) atoms. The number of carbonyl (C=O) groups excluding carboxylic acids is 2. The number of nitrogens with one attached hydrogen (secondary N) is 1. The number of benzene rings is 1. The van der Waals surface area contributed by atoms with E-state index in [0.717, 1.165) is 29.8 Å². The maximum Gasteiger partial charge on any atom is 0.257 e. The van der Waals surface area contributed by atoms with Crippen molar-refractivity contribution >= 4 is 17.6 Å². The quantitative estimate of drug-likeness (QED) is 0.660. The van der Waals surface area contributed by atoms with Gasteiger partial charge in [0.2, 0.25) is 5.91 Å². The summed E-state index contributed by atoms with van der Waals surface area (Å²) in [7, 11) is 0. The molecule has 0 aliphatic carbocycles. The van der Waals surface area contributed by atoms with Gasteiger partial charge in [-0.1, -0.05) is 12.1 Å². The minimum atomic E-state index is -0.341. The number of aryl methyl sites for hydroxylation is 2. The van der Waals surface area contributed by atoms with Gasteiger partial charge < -0.3 is 4.90 Å². The SMILES string of the molecule is Cc1nc(C2CCCN2C(=O)c2cn[nH]c2C)nc2c1CCC(=O)N2Cc1cccc(F)c1. The normalized spacial score (nSPS) is 18.0. The van der Waals surface area contributed by atoms with E-state index in [1.165, 1.54) is 12.1 Å². The Kier molecular flexibility index (Phi) is 5.39. The van der Waals surface area contributed by atoms with Crippen LogP contribution in [0.2, 0.25) is 0 Å². The number of halogens is 1. The van der Waals surface area contributed by atoms with E-state index >= 15 is 0 Å². The smallest absolute Gasteiger partial charge is 0.257 e. The number of aromatic amines is 1. The molecule has 1 saturated heterocycles. The van der Waals surface area contributed by atoms with Gasteiger partial charge in [-0.15, -0.1) is 0 Å². The highest BCUT2D eigenvalue weighted by molar-refractivity contribution is 5.96. The Hall–Kier alpha value is -3.62. The van der Waals surface area contributed by atoms with Crippen molar-refractivity contribution in [3.05, 3.63) is 70.2 Å². The van der Waals surface area contributed by atoms with E-state index in [-0.39, 0.29) is 30.2 Å². The highest BCUT2D eigenvalue weighted by atomic mass is 19.1. The maximum absolute atomic E-state index is 13.7. The fourth-order valence-corrected chi connectivity index (χ4v) is 4.73. The summed E-state index contributed by atoms with van der Waals surface area (Å²) in [6, 6.07) is 5.97. The van der Waals surface area contributed by atoms with E-state index in [1.807, 2.05) is 13.8 Å². The van der Waals surface area contributed by atoms with Gasteiger partial charge in [0.25, 0.3) is 5.91 Å². The first-order valence-corrected chi connectivity index (χ1v) is 11.2. The first-order valence-electron chi connectivity index (χ1n) is 11.2. The molecule has 2 aromatic heterocycles. The lowest BCUT2D eigenvalue weighted by Crippen LogP contribution is -2.37. The first-order chi connectivity index (χ1) is 15.9. The summed E-state index contributed by atoms with van der Waals surface area (Å²) in [6.45, 7) is 4.59. The molecule has 8 nitrogen and oxygen atoms in total. The number of amides is 2. The molecule has 4 heterocycles. The zero-order valence-corrected chi connectivity index (χ0v) is 18.6. The van der Waals surface area contributed by atoms with Crippen LogP contribution in [0.25, 0.3) is 0 Å². The topological polar surface area (TPSA) is 95.1 Å². The molecule has 0 spiro atoms. The van der Waals surface area contributed by atoms with Crippen LogP contribution in [0, 0.1) is 19.7 Å². The molecule has 2 aliphatic heterocycles. The van der Waals surface area contributed by atoms with Gasteiger partial charge in [0.15, 0.2) is 5.82 Å². The number of likely N-dealkylation sites (tertiary alicyclic amines) is 1. The number of hydrogen-bond donors (Lipinski definition) is 1. The Labute approximate surface area is 190 Å². The summed E-state index contributed by atoms with van der Waals surface area (Å²) in [6.07, 6.45) is 4.07. The predicted molar refractivity (Wildman–Crippen MR) is 119 cm³/mol. The zero-order chi connectivity index (χ0) is 23.1. The molecule has 1 aromatic carbocycles. The Morgan fingerprint density at radius 2 is 2.09 bits per heavy atom. The van der Waals surface area contributed by atoms with Crippen molar-refractivity contribution in [2.45, 2.75) is 52.1 Å². The fourth-order valence-electron chi connectivity index (χ4n) is 4.73. The van der Waals surface area contributed by atoms with Crippen LogP contribution in [0.3, 0.4) is 0 Å². The summed E-state index contributed by atoms with van der Waals surface area (Å²) in [4.78, 5) is 39.0. The largest absolute Gasteiger partial charge is 0.328 e. The zero-order valence-electron chi connectivity index (χ0n) is 18.6. The molecular formula is C24H25FN6O2. The van der Waals surface area contributed by atoms with E-state index in [1.54, 1.807) is 28.1 Å². The van der Waals surface area contributed by atoms with Crippen molar-refractivity contribution in [2.24, 2.45) is 0 Å². The lowest BCUT2D eigenvalue weighted by molar-refractivity contribution is -0.119. The average Bonchev–Trinajstić information content (AvgIpc) is 3.44. The molecule has 170 valence electrons. The van der Waals surface area contributed by atoms with Gasteiger partial charge in [0.05, 0.1) is 24.3 Å². The lowest BCUT2D eigenvalue weighted by Gasteiger charge is -2.31. The number of rotatable bonds is 4. The average molecular weight is 449 g/mol. The van der Waals surface area contributed by atoms with Crippen molar-refractivity contribution in [2.75, 3.05) is 11.4 Å². The molecule has 2 aliphatic rings. The summed E-state index contributed by atoms with van der Waals surface area (Å²) in [5.41, 5.74) is 3.70. The Morgan fingerprint density at radius 3 is 2.85 bits per heavy atom. The number of aromatic nitrogens is 4. The molecule has 2 amide bonds. The van der Waals surface area contributed by atoms with E-state index < -0.39 is 0 Å². The van der Waals surface area contributed by atoms with E-state index in [9.17, 15) is 14.0 Å². The van der Waals surface area contributed by atoms with Gasteiger partial charge in [0, 0.05) is 29.9 Å². The van der Waals surface area contributed by atoms with Crippen molar-refractivity contribution < 1.29 is 14.0 Å². The van der Waals surface area contributed by atoms with Crippen LogP contribution in [0.1, 0.15) is 64.0 Å². The molecule has 5 rings (SSSR count). The molecule has 0 saturated carbocycles. The van der Waals surface area contributed by atoms with Crippen LogP contribution in [0.4, 0.5) is 10.2 Å². The second kappa shape index (κ2) is 8.38. The molecule has 0 bridgehead atoms. The van der Waals surface area contributed by atoms with E-state index in [2.05, 4.69) is 10.2 Å². The highest BCUT2D eigenvalue weighted by Crippen LogP contribution is 2.36. The molecule has 3 aromatic rings.